The lowest BCUT2D eigenvalue weighted by atomic mass is 9.98. The van der Waals surface area contributed by atoms with Crippen molar-refractivity contribution in [2.75, 3.05) is 13.1 Å². The van der Waals surface area contributed by atoms with E-state index in [2.05, 4.69) is 53.5 Å². The lowest BCUT2D eigenvalue weighted by molar-refractivity contribution is -0.132. The molecule has 6 aromatic rings. The summed E-state index contributed by atoms with van der Waals surface area (Å²) in [6.45, 7) is 5.41. The Morgan fingerprint density at radius 1 is 0.678 bits per heavy atom. The molecule has 300 valence electrons. The first-order valence-corrected chi connectivity index (χ1v) is 22.4. The van der Waals surface area contributed by atoms with Crippen molar-refractivity contribution in [1.29, 1.82) is 0 Å². The van der Waals surface area contributed by atoms with Gasteiger partial charge in [0.15, 0.2) is 0 Å². The van der Waals surface area contributed by atoms with Crippen LogP contribution in [0.15, 0.2) is 127 Å². The van der Waals surface area contributed by atoms with Crippen LogP contribution in [0, 0.1) is 5.92 Å². The number of hydrogen-bond acceptors (Lipinski definition) is 7. The van der Waals surface area contributed by atoms with Crippen LogP contribution >= 0.6 is 22.7 Å². The van der Waals surface area contributed by atoms with Crippen LogP contribution in [0.3, 0.4) is 0 Å². The first kappa shape index (κ1) is 40.2. The number of rotatable bonds is 13. The molecule has 2 fully saturated rings. The molecule has 3 atom stereocenters. The SMILES string of the molecule is CCC(CC)C(=O)N=CC(C(=O)N1CCC[C@H]1c1ncc(-c2ccc(-c3ccc(-c4cnc(C5CCCN5C(=O)Cc5ccccc5)s4)cc3)cc2)s1)c1ccccc1. The molecule has 2 aromatic heterocycles. The summed E-state index contributed by atoms with van der Waals surface area (Å²) < 4.78 is 0. The molecule has 0 aliphatic carbocycles. The van der Waals surface area contributed by atoms with E-state index in [4.69, 9.17) is 9.97 Å². The van der Waals surface area contributed by atoms with Crippen molar-refractivity contribution in [3.63, 3.8) is 0 Å². The van der Waals surface area contributed by atoms with Crippen LogP contribution in [-0.2, 0) is 20.8 Å². The zero-order chi connectivity index (χ0) is 40.7. The Morgan fingerprint density at radius 2 is 1.17 bits per heavy atom. The molecule has 3 amide bonds. The summed E-state index contributed by atoms with van der Waals surface area (Å²) in [6.07, 6.45) is 11.0. The lowest BCUT2D eigenvalue weighted by Crippen LogP contribution is -2.35. The molecule has 59 heavy (non-hydrogen) atoms. The monoisotopic (exact) mass is 819 g/mol. The van der Waals surface area contributed by atoms with Gasteiger partial charge in [-0.2, -0.15) is 0 Å². The summed E-state index contributed by atoms with van der Waals surface area (Å²) in [4.78, 5) is 60.4. The van der Waals surface area contributed by atoms with Gasteiger partial charge in [0.25, 0.3) is 0 Å². The smallest absolute Gasteiger partial charge is 0.248 e. The molecule has 2 unspecified atom stereocenters. The molecule has 0 spiro atoms. The van der Waals surface area contributed by atoms with Gasteiger partial charge in [-0.1, -0.05) is 123 Å². The highest BCUT2D eigenvalue weighted by molar-refractivity contribution is 7.15. The molecule has 0 N–H and O–H groups in total. The van der Waals surface area contributed by atoms with Crippen molar-refractivity contribution in [2.45, 2.75) is 76.8 Å². The van der Waals surface area contributed by atoms with E-state index in [0.717, 1.165) is 98.2 Å². The van der Waals surface area contributed by atoms with E-state index in [1.165, 1.54) is 0 Å². The fraction of sp³-hybridized carbons (Fsp3) is 0.306. The van der Waals surface area contributed by atoms with E-state index in [1.54, 1.807) is 28.9 Å². The standard InChI is InChI=1S/C49H49N5O3S2/c1-3-34(4-2)46(56)50-30-40(37-15-9-6-10-16-37)49(57)54-28-12-18-42(54)48-52-32-44(59-48)39-25-21-36(22-26-39)35-19-23-38(24-20-35)43-31-51-47(58-43)41-17-11-27-53(41)45(55)29-33-13-7-5-8-14-33/h5-10,13-16,19-26,30-32,34,40-42H,3-4,11-12,17-18,27-29H2,1-2H3/t40?,41?,42-/m0/s1. The normalized spacial score (nSPS) is 17.3. The molecule has 10 heteroatoms. The number of carbonyl (C=O) groups is 3. The first-order valence-electron chi connectivity index (χ1n) is 20.8. The molecule has 2 saturated heterocycles. The van der Waals surface area contributed by atoms with Crippen LogP contribution in [-0.4, -0.2) is 56.8 Å². The number of thiazole rings is 2. The van der Waals surface area contributed by atoms with Gasteiger partial charge in [-0.25, -0.2) is 15.0 Å². The molecular weight excluding hydrogens is 771 g/mol. The summed E-state index contributed by atoms with van der Waals surface area (Å²) in [5.74, 6) is -0.824. The van der Waals surface area contributed by atoms with Gasteiger partial charge < -0.3 is 9.80 Å². The predicted octanol–water partition coefficient (Wildman–Crippen LogP) is 11.0. The van der Waals surface area contributed by atoms with Gasteiger partial charge in [-0.15, -0.1) is 22.7 Å². The molecule has 2 aliphatic rings. The highest BCUT2D eigenvalue weighted by Gasteiger charge is 2.36. The number of hydrogen-bond donors (Lipinski definition) is 0. The Kier molecular flexibility index (Phi) is 12.6. The Bertz CT molecular complexity index is 2390. The van der Waals surface area contributed by atoms with Crippen LogP contribution in [0.1, 0.15) is 91.5 Å². The van der Waals surface area contributed by atoms with Crippen molar-refractivity contribution < 1.29 is 14.4 Å². The van der Waals surface area contributed by atoms with Crippen molar-refractivity contribution >= 4 is 46.6 Å². The highest BCUT2D eigenvalue weighted by Crippen LogP contribution is 2.40. The van der Waals surface area contributed by atoms with Crippen LogP contribution in [0.2, 0.25) is 0 Å². The maximum absolute atomic E-state index is 14.2. The minimum atomic E-state index is -0.638. The zero-order valence-electron chi connectivity index (χ0n) is 33.6. The Labute approximate surface area is 354 Å². The summed E-state index contributed by atoms with van der Waals surface area (Å²) >= 11 is 3.32. The van der Waals surface area contributed by atoms with E-state index in [-0.39, 0.29) is 35.7 Å². The molecule has 0 radical (unpaired) electrons. The summed E-state index contributed by atoms with van der Waals surface area (Å²) in [5, 5.41) is 1.93. The maximum atomic E-state index is 14.2. The van der Waals surface area contributed by atoms with Crippen LogP contribution < -0.4 is 0 Å². The molecule has 8 rings (SSSR count). The maximum Gasteiger partial charge on any atom is 0.248 e. The summed E-state index contributed by atoms with van der Waals surface area (Å²) in [6, 6.07) is 36.7. The molecule has 8 nitrogen and oxygen atoms in total. The van der Waals surface area contributed by atoms with Crippen molar-refractivity contribution in [2.24, 2.45) is 10.9 Å². The highest BCUT2D eigenvalue weighted by atomic mass is 32.1. The summed E-state index contributed by atoms with van der Waals surface area (Å²) in [7, 11) is 0. The third kappa shape index (κ3) is 9.04. The molecule has 2 aliphatic heterocycles. The van der Waals surface area contributed by atoms with Gasteiger partial charge in [0.2, 0.25) is 17.7 Å². The van der Waals surface area contributed by atoms with Crippen LogP contribution in [0.4, 0.5) is 0 Å². The third-order valence-electron chi connectivity index (χ3n) is 11.7. The van der Waals surface area contributed by atoms with Crippen molar-refractivity contribution in [3.05, 3.63) is 143 Å². The molecule has 0 saturated carbocycles. The first-order chi connectivity index (χ1) is 28.9. The van der Waals surface area contributed by atoms with Gasteiger partial charge in [0.1, 0.15) is 10.0 Å². The molecule has 0 bridgehead atoms. The largest absolute Gasteiger partial charge is 0.333 e. The van der Waals surface area contributed by atoms with Crippen molar-refractivity contribution in [3.8, 4) is 32.0 Å². The lowest BCUT2D eigenvalue weighted by Gasteiger charge is -2.26. The fourth-order valence-electron chi connectivity index (χ4n) is 8.31. The zero-order valence-corrected chi connectivity index (χ0v) is 35.2. The minimum absolute atomic E-state index is 0.0333. The van der Waals surface area contributed by atoms with E-state index in [9.17, 15) is 14.4 Å². The predicted molar refractivity (Wildman–Crippen MR) is 238 cm³/mol. The summed E-state index contributed by atoms with van der Waals surface area (Å²) in [5.41, 5.74) is 6.32. The molecule has 4 aromatic carbocycles. The van der Waals surface area contributed by atoms with Gasteiger partial charge in [-0.3, -0.25) is 14.4 Å². The second-order valence-corrected chi connectivity index (χ2v) is 17.5. The van der Waals surface area contributed by atoms with Gasteiger partial charge in [-0.05, 0) is 71.9 Å². The van der Waals surface area contributed by atoms with Gasteiger partial charge >= 0.3 is 0 Å². The average Bonchev–Trinajstić information content (AvgIpc) is 4.12. The molecular formula is C49H49N5O3S2. The Hall–Kier alpha value is -5.58. The van der Waals surface area contributed by atoms with Gasteiger partial charge in [0, 0.05) is 37.6 Å². The third-order valence-corrected chi connectivity index (χ3v) is 14.0. The fourth-order valence-corrected chi connectivity index (χ4v) is 10.5. The van der Waals surface area contributed by atoms with E-state index in [1.807, 2.05) is 96.7 Å². The van der Waals surface area contributed by atoms with E-state index >= 15 is 0 Å². The number of likely N-dealkylation sites (tertiary alicyclic amines) is 2. The van der Waals surface area contributed by atoms with Crippen molar-refractivity contribution in [1.82, 2.24) is 19.8 Å². The topological polar surface area (TPSA) is 95.8 Å². The number of amides is 3. The van der Waals surface area contributed by atoms with Crippen LogP contribution in [0.5, 0.6) is 0 Å². The van der Waals surface area contributed by atoms with E-state index in [0.29, 0.717) is 13.0 Å². The second kappa shape index (κ2) is 18.6. The molecule has 4 heterocycles. The number of carbonyl (C=O) groups excluding carboxylic acids is 3. The number of benzene rings is 4. The van der Waals surface area contributed by atoms with Crippen LogP contribution in [0.25, 0.3) is 32.0 Å². The number of nitrogens with zero attached hydrogens (tertiary/aromatic N) is 5. The Morgan fingerprint density at radius 3 is 1.71 bits per heavy atom. The average molecular weight is 820 g/mol. The van der Waals surface area contributed by atoms with E-state index < -0.39 is 5.92 Å². The quantitative estimate of drug-likeness (QED) is 0.108. The Balaban J connectivity index is 0.922. The minimum Gasteiger partial charge on any atom is -0.333 e. The second-order valence-electron chi connectivity index (χ2n) is 15.4. The van der Waals surface area contributed by atoms with Gasteiger partial charge in [0.05, 0.1) is 34.2 Å². The number of aliphatic imine (C=N–C) groups is 1. The number of aromatic nitrogens is 2.